The molecule has 0 aliphatic rings. The highest BCUT2D eigenvalue weighted by molar-refractivity contribution is 4.67. The summed E-state index contributed by atoms with van der Waals surface area (Å²) < 4.78 is 0. The van der Waals surface area contributed by atoms with Gasteiger partial charge in [0.1, 0.15) is 0 Å². The zero-order valence-corrected chi connectivity index (χ0v) is 7.58. The molecule has 0 saturated carbocycles. The van der Waals surface area contributed by atoms with Crippen molar-refractivity contribution in [1.82, 2.24) is 4.90 Å². The van der Waals surface area contributed by atoms with Crippen LogP contribution in [0.15, 0.2) is 12.7 Å². The van der Waals surface area contributed by atoms with Crippen LogP contribution in [0.3, 0.4) is 0 Å². The quantitative estimate of drug-likeness (QED) is 0.408. The second kappa shape index (κ2) is 8.71. The zero-order chi connectivity index (χ0) is 9.23. The Labute approximate surface area is 74.3 Å². The van der Waals surface area contributed by atoms with Gasteiger partial charge in [0.2, 0.25) is 0 Å². The van der Waals surface area contributed by atoms with Crippen LogP contribution in [0.25, 0.3) is 0 Å². The molecule has 0 aromatic heterocycles. The molecule has 3 nitrogen and oxygen atoms in total. The van der Waals surface area contributed by atoms with Crippen molar-refractivity contribution in [3.8, 4) is 0 Å². The lowest BCUT2D eigenvalue weighted by atomic mass is 10.3. The van der Waals surface area contributed by atoms with Crippen molar-refractivity contribution in [3.05, 3.63) is 12.7 Å². The molecule has 0 radical (unpaired) electrons. The van der Waals surface area contributed by atoms with E-state index in [1.807, 2.05) is 11.0 Å². The normalized spacial score (nSPS) is 10.6. The van der Waals surface area contributed by atoms with Gasteiger partial charge in [-0.15, -0.1) is 6.58 Å². The summed E-state index contributed by atoms with van der Waals surface area (Å²) in [6.07, 6.45) is 3.92. The Morgan fingerprint density at radius 3 is 2.08 bits per heavy atom. The van der Waals surface area contributed by atoms with E-state index in [-0.39, 0.29) is 13.2 Å². The highest BCUT2D eigenvalue weighted by atomic mass is 16.3. The van der Waals surface area contributed by atoms with Crippen molar-refractivity contribution in [1.29, 1.82) is 0 Å². The van der Waals surface area contributed by atoms with Crippen LogP contribution in [-0.2, 0) is 0 Å². The van der Waals surface area contributed by atoms with Crippen molar-refractivity contribution in [2.45, 2.75) is 12.8 Å². The zero-order valence-electron chi connectivity index (χ0n) is 7.58. The molecule has 0 fully saturated rings. The molecule has 0 aromatic carbocycles. The second-order valence-electron chi connectivity index (χ2n) is 2.72. The van der Waals surface area contributed by atoms with Gasteiger partial charge in [-0.3, -0.25) is 4.90 Å². The molecule has 3 heteroatoms. The largest absolute Gasteiger partial charge is 0.395 e. The first-order valence-electron chi connectivity index (χ1n) is 4.40. The molecule has 0 bridgehead atoms. The third kappa shape index (κ3) is 6.34. The Kier molecular flexibility index (Phi) is 8.44. The molecule has 0 unspecified atom stereocenters. The summed E-state index contributed by atoms with van der Waals surface area (Å²) in [7, 11) is 0. The number of hydrogen-bond acceptors (Lipinski definition) is 3. The van der Waals surface area contributed by atoms with Gasteiger partial charge in [0.25, 0.3) is 0 Å². The predicted octanol–water partition coefficient (Wildman–Crippen LogP) is 0.239. The van der Waals surface area contributed by atoms with Crippen molar-refractivity contribution >= 4 is 0 Å². The van der Waals surface area contributed by atoms with Gasteiger partial charge in [-0.1, -0.05) is 6.08 Å². The van der Waals surface area contributed by atoms with Crippen molar-refractivity contribution < 1.29 is 10.2 Å². The number of unbranched alkanes of at least 4 members (excludes halogenated alkanes) is 1. The third-order valence-corrected chi connectivity index (χ3v) is 1.72. The molecule has 0 aliphatic heterocycles. The average molecular weight is 173 g/mol. The maximum absolute atomic E-state index is 8.68. The van der Waals surface area contributed by atoms with E-state index in [0.717, 1.165) is 19.4 Å². The summed E-state index contributed by atoms with van der Waals surface area (Å²) in [6.45, 7) is 6.18. The first-order valence-corrected chi connectivity index (χ1v) is 4.40. The monoisotopic (exact) mass is 173 g/mol. The minimum Gasteiger partial charge on any atom is -0.395 e. The molecule has 0 rings (SSSR count). The van der Waals surface area contributed by atoms with Crippen LogP contribution in [0.5, 0.6) is 0 Å². The molecule has 0 aromatic rings. The fourth-order valence-electron chi connectivity index (χ4n) is 1.08. The molecule has 2 N–H and O–H groups in total. The summed E-state index contributed by atoms with van der Waals surface area (Å²) in [5.41, 5.74) is 0. The number of aliphatic hydroxyl groups excluding tert-OH is 2. The molecular formula is C9H19NO2. The van der Waals surface area contributed by atoms with Gasteiger partial charge < -0.3 is 10.2 Å². The average Bonchev–Trinajstić information content (AvgIpc) is 2.06. The molecule has 0 saturated heterocycles. The molecule has 72 valence electrons. The van der Waals surface area contributed by atoms with Crippen molar-refractivity contribution in [3.63, 3.8) is 0 Å². The lowest BCUT2D eigenvalue weighted by Gasteiger charge is -2.19. The summed E-state index contributed by atoms with van der Waals surface area (Å²) in [5.74, 6) is 0. The molecule has 12 heavy (non-hydrogen) atoms. The van der Waals surface area contributed by atoms with E-state index in [0.29, 0.717) is 13.1 Å². The predicted molar refractivity (Wildman–Crippen MR) is 50.0 cm³/mol. The first-order chi connectivity index (χ1) is 5.85. The molecule has 0 aliphatic carbocycles. The fourth-order valence-corrected chi connectivity index (χ4v) is 1.08. The number of aliphatic hydroxyl groups is 2. The van der Waals surface area contributed by atoms with Gasteiger partial charge in [-0.2, -0.15) is 0 Å². The Bertz CT molecular complexity index is 101. The number of hydrogen-bond donors (Lipinski definition) is 2. The summed E-state index contributed by atoms with van der Waals surface area (Å²) >= 11 is 0. The summed E-state index contributed by atoms with van der Waals surface area (Å²) in [5, 5.41) is 17.4. The third-order valence-electron chi connectivity index (χ3n) is 1.72. The lowest BCUT2D eigenvalue weighted by Crippen LogP contribution is -2.30. The van der Waals surface area contributed by atoms with E-state index in [4.69, 9.17) is 10.2 Å². The Balaban J connectivity index is 3.40. The van der Waals surface area contributed by atoms with Crippen LogP contribution >= 0.6 is 0 Å². The maximum atomic E-state index is 8.68. The van der Waals surface area contributed by atoms with Crippen LogP contribution in [-0.4, -0.2) is 48.0 Å². The van der Waals surface area contributed by atoms with E-state index in [9.17, 15) is 0 Å². The minimum absolute atomic E-state index is 0.161. The smallest absolute Gasteiger partial charge is 0.0558 e. The van der Waals surface area contributed by atoms with Crippen LogP contribution < -0.4 is 0 Å². The number of nitrogens with zero attached hydrogens (tertiary/aromatic N) is 1. The van der Waals surface area contributed by atoms with E-state index in [1.165, 1.54) is 0 Å². The second-order valence-corrected chi connectivity index (χ2v) is 2.72. The Morgan fingerprint density at radius 1 is 1.08 bits per heavy atom. The standard InChI is InChI=1S/C9H19NO2/c1-2-3-4-5-10(6-8-11)7-9-12/h2,11-12H,1,3-9H2. The first kappa shape index (κ1) is 11.6. The van der Waals surface area contributed by atoms with E-state index >= 15 is 0 Å². The molecular weight excluding hydrogens is 154 g/mol. The van der Waals surface area contributed by atoms with Gasteiger partial charge in [0, 0.05) is 13.1 Å². The molecule has 0 amide bonds. The van der Waals surface area contributed by atoms with Gasteiger partial charge >= 0.3 is 0 Å². The highest BCUT2D eigenvalue weighted by Gasteiger charge is 2.01. The van der Waals surface area contributed by atoms with Crippen molar-refractivity contribution in [2.75, 3.05) is 32.8 Å². The molecule has 0 atom stereocenters. The van der Waals surface area contributed by atoms with Crippen LogP contribution in [0.4, 0.5) is 0 Å². The van der Waals surface area contributed by atoms with Gasteiger partial charge in [-0.25, -0.2) is 0 Å². The topological polar surface area (TPSA) is 43.7 Å². The van der Waals surface area contributed by atoms with Gasteiger partial charge in [0.05, 0.1) is 13.2 Å². The van der Waals surface area contributed by atoms with E-state index in [2.05, 4.69) is 6.58 Å². The van der Waals surface area contributed by atoms with Crippen molar-refractivity contribution in [2.24, 2.45) is 0 Å². The van der Waals surface area contributed by atoms with E-state index in [1.54, 1.807) is 0 Å². The number of rotatable bonds is 8. The fraction of sp³-hybridized carbons (Fsp3) is 0.778. The van der Waals surface area contributed by atoms with Crippen LogP contribution in [0.1, 0.15) is 12.8 Å². The number of allylic oxidation sites excluding steroid dienone is 1. The molecule has 0 spiro atoms. The van der Waals surface area contributed by atoms with Gasteiger partial charge in [0.15, 0.2) is 0 Å². The van der Waals surface area contributed by atoms with Gasteiger partial charge in [-0.05, 0) is 19.4 Å². The Morgan fingerprint density at radius 2 is 1.67 bits per heavy atom. The molecule has 0 heterocycles. The Hall–Kier alpha value is -0.380. The van der Waals surface area contributed by atoms with E-state index < -0.39 is 0 Å². The maximum Gasteiger partial charge on any atom is 0.0558 e. The highest BCUT2D eigenvalue weighted by Crippen LogP contribution is 1.94. The lowest BCUT2D eigenvalue weighted by molar-refractivity contribution is 0.160. The van der Waals surface area contributed by atoms with Crippen LogP contribution in [0, 0.1) is 0 Å². The summed E-state index contributed by atoms with van der Waals surface area (Å²) in [4.78, 5) is 2.05. The summed E-state index contributed by atoms with van der Waals surface area (Å²) in [6, 6.07) is 0. The SMILES string of the molecule is C=CCCCN(CCO)CCO. The minimum atomic E-state index is 0.161. The van der Waals surface area contributed by atoms with Crippen LogP contribution in [0.2, 0.25) is 0 Å².